The summed E-state index contributed by atoms with van der Waals surface area (Å²) in [6.45, 7) is 0.145. The summed E-state index contributed by atoms with van der Waals surface area (Å²) >= 11 is 22.7. The van der Waals surface area contributed by atoms with Crippen LogP contribution in [-0.4, -0.2) is 63.0 Å². The number of thiocarbonyl (C=S) groups is 1. The number of para-hydroxylation sites is 2. The van der Waals surface area contributed by atoms with Crippen LogP contribution in [0.25, 0.3) is 0 Å². The van der Waals surface area contributed by atoms with Crippen LogP contribution in [0.1, 0.15) is 57.3 Å². The van der Waals surface area contributed by atoms with E-state index < -0.39 is 17.2 Å². The van der Waals surface area contributed by atoms with E-state index in [0.717, 1.165) is 0 Å². The van der Waals surface area contributed by atoms with Crippen LogP contribution in [0.3, 0.4) is 0 Å². The van der Waals surface area contributed by atoms with E-state index in [1.54, 1.807) is 78.9 Å². The lowest BCUT2D eigenvalue weighted by Gasteiger charge is -2.15. The largest absolute Gasteiger partial charge is 0.496 e. The van der Waals surface area contributed by atoms with Crippen molar-refractivity contribution in [3.05, 3.63) is 165 Å². The van der Waals surface area contributed by atoms with Gasteiger partial charge in [0.05, 0.1) is 68.1 Å². The van der Waals surface area contributed by atoms with Gasteiger partial charge in [0.2, 0.25) is 0 Å². The van der Waals surface area contributed by atoms with Crippen molar-refractivity contribution in [1.82, 2.24) is 5.32 Å². The zero-order valence-electron chi connectivity index (χ0n) is 38.2. The van der Waals surface area contributed by atoms with Crippen LogP contribution in [0.2, 0.25) is 10.0 Å². The second kappa shape index (κ2) is 31.7. The second-order valence-corrected chi connectivity index (χ2v) is 15.6. The molecule has 380 valence electrons. The molecule has 0 spiro atoms. The third kappa shape index (κ3) is 19.4. The van der Waals surface area contributed by atoms with Crippen molar-refractivity contribution in [3.8, 4) is 17.6 Å². The van der Waals surface area contributed by atoms with Crippen molar-refractivity contribution in [2.75, 3.05) is 46.5 Å². The van der Waals surface area contributed by atoms with Crippen LogP contribution in [0.15, 0.2) is 121 Å². The molecule has 0 atom stereocenters. The monoisotopic (exact) mass is 1060 g/mol. The molecule has 0 aliphatic heterocycles. The Hall–Kier alpha value is -7.51. The SMILES string of the molecule is C.CC#N.COc1cc(C(=O)Cl)cc(CO)c1CO.COc1cc(C(=O)NC(=S)Nc2ccc(Cl)c(NC(=O)Nc3ccccc3)c2)cc(CO)c1CO.Nc1ccc(Cl)c(NC(=O)Nc2ccccc2)c1. The third-order valence-electron chi connectivity index (χ3n) is 9.19. The predicted molar refractivity (Wildman–Crippen MR) is 287 cm³/mol. The number of carbonyl (C=O) groups is 4. The number of amides is 5. The molecule has 0 bridgehead atoms. The molecule has 0 fully saturated rings. The number of ether oxygens (including phenoxy) is 2. The molecule has 0 aliphatic rings. The molecule has 6 aromatic carbocycles. The Balaban J connectivity index is 0.000000400. The summed E-state index contributed by atoms with van der Waals surface area (Å²) in [6, 6.07) is 34.4. The number of benzene rings is 6. The molecule has 12 N–H and O–H groups in total. The quantitative estimate of drug-likeness (QED) is 0.0292. The van der Waals surface area contributed by atoms with Gasteiger partial charge in [0.1, 0.15) is 11.5 Å². The molecule has 18 nitrogen and oxygen atoms in total. The fraction of sp³-hybridized carbons (Fsp3) is 0.160. The Bertz CT molecular complexity index is 2770. The highest BCUT2D eigenvalue weighted by molar-refractivity contribution is 7.80. The standard InChI is InChI=1S/C24H23ClN4O5S.C13H12ClN3O.C10H11ClO4.C2H3N.CH4/c1-34-21-10-14(9-15(12-30)18(21)13-31)22(32)29-24(35)27-17-7-8-19(25)20(11-17)28-23(33)26-16-5-3-2-4-6-16;14-11-7-6-9(15)8-12(11)17-13(18)16-10-4-2-1-3-5-10;1-15-9-3-6(10(11)14)2-7(4-12)8(9)5-13;1-2-3;/h2-11,30-31H,12-13H2,1H3,(H2,26,28,33)(H2,27,29,32,35);1-8H,15H2,(H2,16,17,18);2-3,12-13H,4-5H2,1H3;1H3;1H4. The molecule has 0 unspecified atom stereocenters. The number of hydrogen-bond donors (Lipinski definition) is 11. The van der Waals surface area contributed by atoms with Crippen LogP contribution in [0.5, 0.6) is 11.5 Å². The number of halogens is 3. The zero-order valence-corrected chi connectivity index (χ0v) is 41.3. The number of nitriles is 1. The van der Waals surface area contributed by atoms with Gasteiger partial charge < -0.3 is 62.2 Å². The van der Waals surface area contributed by atoms with E-state index in [1.807, 2.05) is 24.3 Å². The van der Waals surface area contributed by atoms with Gasteiger partial charge in [-0.05, 0) is 120 Å². The molecular formula is C50H53Cl3N8O10S. The van der Waals surface area contributed by atoms with Crippen molar-refractivity contribution in [3.63, 3.8) is 0 Å². The van der Waals surface area contributed by atoms with Gasteiger partial charge in [0.25, 0.3) is 11.1 Å². The maximum Gasteiger partial charge on any atom is 0.323 e. The second-order valence-electron chi connectivity index (χ2n) is 14.0. The van der Waals surface area contributed by atoms with Crippen molar-refractivity contribution in [2.24, 2.45) is 0 Å². The highest BCUT2D eigenvalue weighted by Gasteiger charge is 2.17. The molecule has 22 heteroatoms. The minimum Gasteiger partial charge on any atom is -0.496 e. The van der Waals surface area contributed by atoms with E-state index in [0.29, 0.717) is 72.2 Å². The molecule has 0 heterocycles. The molecule has 0 radical (unpaired) electrons. The van der Waals surface area contributed by atoms with Crippen LogP contribution < -0.4 is 47.1 Å². The van der Waals surface area contributed by atoms with Crippen LogP contribution in [0, 0.1) is 11.3 Å². The highest BCUT2D eigenvalue weighted by Crippen LogP contribution is 2.29. The van der Waals surface area contributed by atoms with Crippen molar-refractivity contribution in [1.29, 1.82) is 5.26 Å². The summed E-state index contributed by atoms with van der Waals surface area (Å²) in [4.78, 5) is 47.7. The molecule has 0 aliphatic carbocycles. The summed E-state index contributed by atoms with van der Waals surface area (Å²) in [6.07, 6.45) is 0. The first-order valence-electron chi connectivity index (χ1n) is 20.6. The Morgan fingerprint density at radius 2 is 1.04 bits per heavy atom. The van der Waals surface area contributed by atoms with Gasteiger partial charge in [-0.2, -0.15) is 5.26 Å². The number of nitrogens with zero attached hydrogens (tertiary/aromatic N) is 1. The number of nitrogen functional groups attached to an aromatic ring is 1. The van der Waals surface area contributed by atoms with Gasteiger partial charge in [-0.15, -0.1) is 0 Å². The highest BCUT2D eigenvalue weighted by atomic mass is 35.5. The first kappa shape index (κ1) is 60.6. The van der Waals surface area contributed by atoms with E-state index in [9.17, 15) is 29.4 Å². The maximum atomic E-state index is 12.7. The summed E-state index contributed by atoms with van der Waals surface area (Å²) in [5.74, 6) is 0.0628. The minimum atomic E-state index is -0.632. The maximum absolute atomic E-state index is 12.7. The van der Waals surface area contributed by atoms with E-state index in [1.165, 1.54) is 45.4 Å². The summed E-state index contributed by atoms with van der Waals surface area (Å²) in [5.41, 5.74) is 10.8. The molecule has 5 amide bonds. The van der Waals surface area contributed by atoms with Crippen molar-refractivity contribution < 1.29 is 49.1 Å². The van der Waals surface area contributed by atoms with Gasteiger partial charge in [0, 0.05) is 51.9 Å². The predicted octanol–water partition coefficient (Wildman–Crippen LogP) is 9.89. The summed E-state index contributed by atoms with van der Waals surface area (Å²) in [7, 11) is 2.81. The Morgan fingerprint density at radius 1 is 0.611 bits per heavy atom. The Labute approximate surface area is 436 Å². The van der Waals surface area contributed by atoms with Crippen molar-refractivity contribution in [2.45, 2.75) is 40.8 Å². The Kier molecular flexibility index (Phi) is 26.7. The molecule has 72 heavy (non-hydrogen) atoms. The van der Waals surface area contributed by atoms with E-state index >= 15 is 0 Å². The van der Waals surface area contributed by atoms with Crippen LogP contribution in [-0.2, 0) is 26.4 Å². The van der Waals surface area contributed by atoms with E-state index in [4.69, 9.17) is 77.7 Å². The van der Waals surface area contributed by atoms with Gasteiger partial charge in [0.15, 0.2) is 5.11 Å². The topological polar surface area (TPSA) is 290 Å². The number of urea groups is 2. The number of nitrogens with two attached hydrogens (primary N) is 1. The smallest absolute Gasteiger partial charge is 0.323 e. The number of rotatable bonds is 13. The van der Waals surface area contributed by atoms with Gasteiger partial charge >= 0.3 is 12.1 Å². The molecule has 0 aromatic heterocycles. The van der Waals surface area contributed by atoms with E-state index in [2.05, 4.69) is 31.9 Å². The fourth-order valence-electron chi connectivity index (χ4n) is 5.94. The lowest BCUT2D eigenvalue weighted by molar-refractivity contribution is 0.0976. The lowest BCUT2D eigenvalue weighted by atomic mass is 10.0. The third-order valence-corrected chi connectivity index (χ3v) is 10.3. The fourth-order valence-corrected chi connectivity index (χ4v) is 6.59. The first-order valence-corrected chi connectivity index (χ1v) is 22.2. The number of aliphatic hydroxyl groups excluding tert-OH is 4. The Morgan fingerprint density at radius 3 is 1.47 bits per heavy atom. The van der Waals surface area contributed by atoms with Gasteiger partial charge in [-0.1, -0.05) is 67.0 Å². The first-order chi connectivity index (χ1) is 34.0. The summed E-state index contributed by atoms with van der Waals surface area (Å²) < 4.78 is 10.2. The van der Waals surface area contributed by atoms with Crippen LogP contribution in [0.4, 0.5) is 43.7 Å². The van der Waals surface area contributed by atoms with Crippen molar-refractivity contribution >= 4 is 109 Å². The minimum absolute atomic E-state index is 0. The average molecular weight is 1060 g/mol. The zero-order chi connectivity index (χ0) is 52.5. The molecule has 0 saturated heterocycles. The number of nitrogens with one attached hydrogen (secondary N) is 6. The average Bonchev–Trinajstić information content (AvgIpc) is 3.36. The lowest BCUT2D eigenvalue weighted by Crippen LogP contribution is -2.34. The molecule has 6 rings (SSSR count). The molecular weight excluding hydrogens is 1010 g/mol. The molecule has 0 saturated carbocycles. The summed E-state index contributed by atoms with van der Waals surface area (Å²) in [5, 5.41) is 60.7. The number of carbonyl (C=O) groups excluding carboxylic acids is 4. The van der Waals surface area contributed by atoms with Crippen LogP contribution >= 0.6 is 47.0 Å². The normalized spacial score (nSPS) is 9.68. The van der Waals surface area contributed by atoms with E-state index in [-0.39, 0.29) is 61.9 Å². The van der Waals surface area contributed by atoms with Gasteiger partial charge in [-0.3, -0.25) is 14.9 Å². The van der Waals surface area contributed by atoms with Gasteiger partial charge in [-0.25, -0.2) is 9.59 Å². The number of hydrogen-bond acceptors (Lipinski definition) is 13. The number of anilines is 6. The number of aliphatic hydroxyl groups is 4. The number of methoxy groups -OCH3 is 2. The molecule has 6 aromatic rings.